The lowest BCUT2D eigenvalue weighted by Crippen LogP contribution is -2.36. The standard InChI is InChI=1S/C16H18N2O3/c1-12(21-15-8-5-7-14(10-15)20-2)16(19)18-11-13-6-3-4-9-17-13/h3-10,12H,11H2,1-2H3,(H,18,19)/t12-/m0/s1. The molecular weight excluding hydrogens is 268 g/mol. The molecule has 2 aromatic rings. The fraction of sp³-hybridized carbons (Fsp3) is 0.250. The highest BCUT2D eigenvalue weighted by Gasteiger charge is 2.14. The molecule has 1 aromatic heterocycles. The summed E-state index contributed by atoms with van der Waals surface area (Å²) in [6.07, 6.45) is 1.10. The van der Waals surface area contributed by atoms with Gasteiger partial charge >= 0.3 is 0 Å². The summed E-state index contributed by atoms with van der Waals surface area (Å²) in [6, 6.07) is 12.7. The van der Waals surface area contributed by atoms with Crippen LogP contribution < -0.4 is 14.8 Å². The van der Waals surface area contributed by atoms with E-state index >= 15 is 0 Å². The van der Waals surface area contributed by atoms with Crippen molar-refractivity contribution in [1.29, 1.82) is 0 Å². The van der Waals surface area contributed by atoms with Crippen molar-refractivity contribution < 1.29 is 14.3 Å². The number of carbonyl (C=O) groups is 1. The van der Waals surface area contributed by atoms with Crippen LogP contribution in [0.1, 0.15) is 12.6 Å². The first kappa shape index (κ1) is 14.8. The zero-order valence-electron chi connectivity index (χ0n) is 12.1. The van der Waals surface area contributed by atoms with Gasteiger partial charge in [0.05, 0.1) is 19.3 Å². The Hall–Kier alpha value is -2.56. The molecule has 0 fully saturated rings. The maximum atomic E-state index is 12.0. The van der Waals surface area contributed by atoms with Gasteiger partial charge in [-0.05, 0) is 31.2 Å². The molecule has 21 heavy (non-hydrogen) atoms. The number of rotatable bonds is 6. The zero-order valence-corrected chi connectivity index (χ0v) is 12.1. The van der Waals surface area contributed by atoms with E-state index in [2.05, 4.69) is 10.3 Å². The number of amides is 1. The highest BCUT2D eigenvalue weighted by molar-refractivity contribution is 5.80. The Labute approximate surface area is 123 Å². The number of pyridine rings is 1. The maximum Gasteiger partial charge on any atom is 0.261 e. The van der Waals surface area contributed by atoms with Crippen LogP contribution in [0.4, 0.5) is 0 Å². The molecule has 0 radical (unpaired) electrons. The van der Waals surface area contributed by atoms with Crippen molar-refractivity contribution in [3.8, 4) is 11.5 Å². The quantitative estimate of drug-likeness (QED) is 0.884. The van der Waals surface area contributed by atoms with E-state index in [4.69, 9.17) is 9.47 Å². The second-order valence-electron chi connectivity index (χ2n) is 4.48. The van der Waals surface area contributed by atoms with Crippen LogP contribution in [0, 0.1) is 0 Å². The molecule has 1 N–H and O–H groups in total. The Morgan fingerprint density at radius 2 is 2.05 bits per heavy atom. The number of methoxy groups -OCH3 is 1. The van der Waals surface area contributed by atoms with E-state index in [1.165, 1.54) is 0 Å². The van der Waals surface area contributed by atoms with Crippen LogP contribution in [0.2, 0.25) is 0 Å². The summed E-state index contributed by atoms with van der Waals surface area (Å²) in [5.41, 5.74) is 0.805. The minimum absolute atomic E-state index is 0.191. The van der Waals surface area contributed by atoms with Gasteiger partial charge in [-0.25, -0.2) is 0 Å². The van der Waals surface area contributed by atoms with E-state index < -0.39 is 6.10 Å². The van der Waals surface area contributed by atoms with Crippen molar-refractivity contribution >= 4 is 5.91 Å². The second kappa shape index (κ2) is 7.28. The minimum atomic E-state index is -0.596. The van der Waals surface area contributed by atoms with E-state index in [1.807, 2.05) is 30.3 Å². The lowest BCUT2D eigenvalue weighted by atomic mass is 10.3. The SMILES string of the molecule is COc1cccc(O[C@@H](C)C(=O)NCc2ccccn2)c1. The number of carbonyl (C=O) groups excluding carboxylic acids is 1. The first-order valence-electron chi connectivity index (χ1n) is 6.67. The molecular formula is C16H18N2O3. The summed E-state index contributed by atoms with van der Waals surface area (Å²) in [7, 11) is 1.59. The van der Waals surface area contributed by atoms with Gasteiger partial charge in [-0.2, -0.15) is 0 Å². The Bertz CT molecular complexity index is 587. The molecule has 5 nitrogen and oxygen atoms in total. The first-order chi connectivity index (χ1) is 10.2. The zero-order chi connectivity index (χ0) is 15.1. The number of nitrogens with one attached hydrogen (secondary N) is 1. The molecule has 2 rings (SSSR count). The minimum Gasteiger partial charge on any atom is -0.497 e. The van der Waals surface area contributed by atoms with Crippen molar-refractivity contribution in [2.75, 3.05) is 7.11 Å². The van der Waals surface area contributed by atoms with Gasteiger partial charge in [0.1, 0.15) is 11.5 Å². The molecule has 0 spiro atoms. The molecule has 5 heteroatoms. The average molecular weight is 286 g/mol. The molecule has 110 valence electrons. The molecule has 0 unspecified atom stereocenters. The van der Waals surface area contributed by atoms with Crippen molar-refractivity contribution in [1.82, 2.24) is 10.3 Å². The first-order valence-corrected chi connectivity index (χ1v) is 6.67. The topological polar surface area (TPSA) is 60.5 Å². The van der Waals surface area contributed by atoms with Crippen molar-refractivity contribution in [3.05, 3.63) is 54.4 Å². The molecule has 0 aliphatic rings. The molecule has 1 aromatic carbocycles. The third kappa shape index (κ3) is 4.49. The van der Waals surface area contributed by atoms with E-state index in [9.17, 15) is 4.79 Å². The van der Waals surface area contributed by atoms with E-state index in [0.717, 1.165) is 5.69 Å². The number of aromatic nitrogens is 1. The number of ether oxygens (including phenoxy) is 2. The van der Waals surface area contributed by atoms with Crippen LogP contribution in [0.5, 0.6) is 11.5 Å². The number of hydrogen-bond donors (Lipinski definition) is 1. The Balaban J connectivity index is 1.87. The van der Waals surface area contributed by atoms with Crippen LogP contribution in [0.15, 0.2) is 48.7 Å². The summed E-state index contributed by atoms with van der Waals surface area (Å²) < 4.78 is 10.7. The van der Waals surface area contributed by atoms with Gasteiger partial charge in [-0.1, -0.05) is 12.1 Å². The average Bonchev–Trinajstić information content (AvgIpc) is 2.53. The monoisotopic (exact) mass is 286 g/mol. The molecule has 1 amide bonds. The number of hydrogen-bond acceptors (Lipinski definition) is 4. The fourth-order valence-corrected chi connectivity index (χ4v) is 1.76. The molecule has 1 atom stereocenters. The fourth-order valence-electron chi connectivity index (χ4n) is 1.76. The maximum absolute atomic E-state index is 12.0. The predicted molar refractivity (Wildman–Crippen MR) is 79.2 cm³/mol. The molecule has 0 aliphatic heterocycles. The number of benzene rings is 1. The van der Waals surface area contributed by atoms with Gasteiger partial charge < -0.3 is 14.8 Å². The highest BCUT2D eigenvalue weighted by atomic mass is 16.5. The molecule has 0 bridgehead atoms. The van der Waals surface area contributed by atoms with Crippen LogP contribution in [-0.2, 0) is 11.3 Å². The van der Waals surface area contributed by atoms with E-state index in [0.29, 0.717) is 18.0 Å². The lowest BCUT2D eigenvalue weighted by molar-refractivity contribution is -0.127. The van der Waals surface area contributed by atoms with Gasteiger partial charge in [0.2, 0.25) is 0 Å². The Kier molecular flexibility index (Phi) is 5.15. The molecule has 0 aliphatic carbocycles. The van der Waals surface area contributed by atoms with E-state index in [1.54, 1.807) is 32.4 Å². The molecule has 0 saturated carbocycles. The third-order valence-corrected chi connectivity index (χ3v) is 2.89. The Morgan fingerprint density at radius 1 is 1.24 bits per heavy atom. The smallest absolute Gasteiger partial charge is 0.261 e. The second-order valence-corrected chi connectivity index (χ2v) is 4.48. The van der Waals surface area contributed by atoms with Crippen LogP contribution in [-0.4, -0.2) is 24.1 Å². The van der Waals surface area contributed by atoms with E-state index in [-0.39, 0.29) is 5.91 Å². The Morgan fingerprint density at radius 3 is 2.76 bits per heavy atom. The number of nitrogens with zero attached hydrogens (tertiary/aromatic N) is 1. The van der Waals surface area contributed by atoms with Gasteiger partial charge in [0, 0.05) is 12.3 Å². The van der Waals surface area contributed by atoms with Crippen molar-refractivity contribution in [3.63, 3.8) is 0 Å². The lowest BCUT2D eigenvalue weighted by Gasteiger charge is -2.15. The summed E-state index contributed by atoms with van der Waals surface area (Å²) in [4.78, 5) is 16.1. The van der Waals surface area contributed by atoms with Crippen LogP contribution >= 0.6 is 0 Å². The van der Waals surface area contributed by atoms with Crippen molar-refractivity contribution in [2.45, 2.75) is 19.6 Å². The normalized spacial score (nSPS) is 11.5. The highest BCUT2D eigenvalue weighted by Crippen LogP contribution is 2.19. The molecule has 1 heterocycles. The summed E-state index contributed by atoms with van der Waals surface area (Å²) in [5, 5.41) is 2.79. The van der Waals surface area contributed by atoms with Crippen molar-refractivity contribution in [2.24, 2.45) is 0 Å². The van der Waals surface area contributed by atoms with Gasteiger partial charge in [0.25, 0.3) is 5.91 Å². The summed E-state index contributed by atoms with van der Waals surface area (Å²) in [6.45, 7) is 2.08. The van der Waals surface area contributed by atoms with Gasteiger partial charge in [-0.3, -0.25) is 9.78 Å². The van der Waals surface area contributed by atoms with Crippen LogP contribution in [0.3, 0.4) is 0 Å². The summed E-state index contributed by atoms with van der Waals surface area (Å²) in [5.74, 6) is 1.09. The van der Waals surface area contributed by atoms with Gasteiger partial charge in [0.15, 0.2) is 6.10 Å². The molecule has 0 saturated heterocycles. The van der Waals surface area contributed by atoms with Crippen LogP contribution in [0.25, 0.3) is 0 Å². The summed E-state index contributed by atoms with van der Waals surface area (Å²) >= 11 is 0. The largest absolute Gasteiger partial charge is 0.497 e. The predicted octanol–water partition coefficient (Wildman–Crippen LogP) is 2.17. The van der Waals surface area contributed by atoms with Gasteiger partial charge in [-0.15, -0.1) is 0 Å². The third-order valence-electron chi connectivity index (χ3n) is 2.89.